The Morgan fingerprint density at radius 2 is 2.27 bits per heavy atom. The largest absolute Gasteiger partial charge is 0.347 e. The van der Waals surface area contributed by atoms with E-state index in [1.54, 1.807) is 6.08 Å². The van der Waals surface area contributed by atoms with E-state index in [0.29, 0.717) is 6.61 Å². The summed E-state index contributed by atoms with van der Waals surface area (Å²) in [5.74, 6) is -0.502. The quantitative estimate of drug-likeness (QED) is 0.440. The van der Waals surface area contributed by atoms with E-state index in [0.717, 1.165) is 6.29 Å². The summed E-state index contributed by atoms with van der Waals surface area (Å²) < 4.78 is 10.6. The van der Waals surface area contributed by atoms with Crippen molar-refractivity contribution in [3.8, 4) is 0 Å². The molecule has 0 aromatic carbocycles. The number of hydrogen-bond acceptors (Lipinski definition) is 3. The predicted octanol–water partition coefficient (Wildman–Crippen LogP) is 0.893. The van der Waals surface area contributed by atoms with E-state index in [9.17, 15) is 4.79 Å². The average Bonchev–Trinajstić information content (AvgIpc) is 2.26. The second-order valence-electron chi connectivity index (χ2n) is 2.89. The molecule has 1 rings (SSSR count). The van der Waals surface area contributed by atoms with Crippen LogP contribution in [0.3, 0.4) is 0 Å². The first-order chi connectivity index (χ1) is 5.14. The van der Waals surface area contributed by atoms with Gasteiger partial charge in [0.1, 0.15) is 12.4 Å². The lowest BCUT2D eigenvalue weighted by Gasteiger charge is -2.15. The van der Waals surface area contributed by atoms with Gasteiger partial charge < -0.3 is 9.47 Å². The first-order valence-electron chi connectivity index (χ1n) is 3.58. The van der Waals surface area contributed by atoms with Crippen LogP contribution in [0.2, 0.25) is 0 Å². The zero-order valence-electron chi connectivity index (χ0n) is 6.74. The molecule has 1 saturated heterocycles. The zero-order chi connectivity index (χ0) is 8.32. The van der Waals surface area contributed by atoms with Gasteiger partial charge in [0, 0.05) is 0 Å². The molecule has 1 fully saturated rings. The fourth-order valence-corrected chi connectivity index (χ4v) is 0.980. The molecule has 1 heterocycles. The van der Waals surface area contributed by atoms with E-state index in [4.69, 9.17) is 9.47 Å². The van der Waals surface area contributed by atoms with E-state index in [2.05, 4.69) is 0 Å². The standard InChI is InChI=1S/C8H12O3/c1-8(2)10-6-7(11-8)4-3-5-9/h3-5,7H,6H2,1-2H3/t7-/m0/s1. The lowest BCUT2D eigenvalue weighted by Crippen LogP contribution is -2.20. The van der Waals surface area contributed by atoms with Gasteiger partial charge in [-0.2, -0.15) is 0 Å². The van der Waals surface area contributed by atoms with Crippen molar-refractivity contribution >= 4 is 6.29 Å². The first-order valence-corrected chi connectivity index (χ1v) is 3.58. The van der Waals surface area contributed by atoms with Gasteiger partial charge in [-0.15, -0.1) is 0 Å². The lowest BCUT2D eigenvalue weighted by molar-refractivity contribution is -0.133. The minimum Gasteiger partial charge on any atom is -0.347 e. The number of rotatable bonds is 2. The number of aldehydes is 1. The number of allylic oxidation sites excluding steroid dienone is 1. The maximum atomic E-state index is 9.94. The fraction of sp³-hybridized carbons (Fsp3) is 0.625. The van der Waals surface area contributed by atoms with Crippen LogP contribution in [0, 0.1) is 0 Å². The summed E-state index contributed by atoms with van der Waals surface area (Å²) in [6.45, 7) is 4.22. The summed E-state index contributed by atoms with van der Waals surface area (Å²) in [5.41, 5.74) is 0. The minimum absolute atomic E-state index is 0.0739. The van der Waals surface area contributed by atoms with Gasteiger partial charge in [-0.25, -0.2) is 0 Å². The summed E-state index contributed by atoms with van der Waals surface area (Å²) >= 11 is 0. The Hall–Kier alpha value is -0.670. The Balaban J connectivity index is 2.42. The molecule has 1 atom stereocenters. The smallest absolute Gasteiger partial charge is 0.163 e. The number of carbonyl (C=O) groups excluding carboxylic acids is 1. The van der Waals surface area contributed by atoms with Crippen molar-refractivity contribution in [2.75, 3.05) is 6.61 Å². The molecule has 62 valence electrons. The van der Waals surface area contributed by atoms with Crippen LogP contribution in [0.15, 0.2) is 12.2 Å². The van der Waals surface area contributed by atoms with Crippen LogP contribution in [0.5, 0.6) is 0 Å². The molecule has 0 N–H and O–H groups in total. The third-order valence-electron chi connectivity index (χ3n) is 1.43. The topological polar surface area (TPSA) is 35.5 Å². The summed E-state index contributed by atoms with van der Waals surface area (Å²) in [4.78, 5) is 9.94. The van der Waals surface area contributed by atoms with Gasteiger partial charge in [0.15, 0.2) is 5.79 Å². The molecule has 0 bridgehead atoms. The van der Waals surface area contributed by atoms with E-state index in [1.165, 1.54) is 6.08 Å². The Bertz CT molecular complexity index is 172. The number of carbonyl (C=O) groups is 1. The monoisotopic (exact) mass is 156 g/mol. The molecule has 0 spiro atoms. The van der Waals surface area contributed by atoms with E-state index >= 15 is 0 Å². The van der Waals surface area contributed by atoms with Crippen LogP contribution in [-0.2, 0) is 14.3 Å². The molecule has 0 unspecified atom stereocenters. The average molecular weight is 156 g/mol. The molecular weight excluding hydrogens is 144 g/mol. The SMILES string of the molecule is CC1(C)OC[C@H](C=CC=O)O1. The molecule has 3 nitrogen and oxygen atoms in total. The Morgan fingerprint density at radius 1 is 1.55 bits per heavy atom. The Labute approximate surface area is 66.0 Å². The molecule has 0 saturated carbocycles. The second-order valence-corrected chi connectivity index (χ2v) is 2.89. The van der Waals surface area contributed by atoms with Crippen LogP contribution < -0.4 is 0 Å². The van der Waals surface area contributed by atoms with Crippen molar-refractivity contribution in [2.45, 2.75) is 25.7 Å². The normalized spacial score (nSPS) is 29.5. The van der Waals surface area contributed by atoms with Crippen molar-refractivity contribution in [1.82, 2.24) is 0 Å². The summed E-state index contributed by atoms with van der Waals surface area (Å²) in [5, 5.41) is 0. The highest BCUT2D eigenvalue weighted by Crippen LogP contribution is 2.22. The van der Waals surface area contributed by atoms with Crippen LogP contribution in [0.1, 0.15) is 13.8 Å². The van der Waals surface area contributed by atoms with Gasteiger partial charge in [0.25, 0.3) is 0 Å². The highest BCUT2D eigenvalue weighted by atomic mass is 16.7. The molecule has 11 heavy (non-hydrogen) atoms. The minimum atomic E-state index is -0.502. The molecule has 0 aliphatic carbocycles. The van der Waals surface area contributed by atoms with E-state index in [-0.39, 0.29) is 6.10 Å². The zero-order valence-corrected chi connectivity index (χ0v) is 6.74. The van der Waals surface area contributed by atoms with Gasteiger partial charge in [-0.3, -0.25) is 4.79 Å². The molecule has 1 aliphatic rings. The van der Waals surface area contributed by atoms with Crippen LogP contribution in [-0.4, -0.2) is 24.8 Å². The molecule has 0 aromatic rings. The van der Waals surface area contributed by atoms with Crippen molar-refractivity contribution in [3.05, 3.63) is 12.2 Å². The Kier molecular flexibility index (Phi) is 2.42. The van der Waals surface area contributed by atoms with Crippen LogP contribution in [0.4, 0.5) is 0 Å². The van der Waals surface area contributed by atoms with Crippen LogP contribution >= 0.6 is 0 Å². The summed E-state index contributed by atoms with van der Waals surface area (Å²) in [6.07, 6.45) is 3.78. The fourth-order valence-electron chi connectivity index (χ4n) is 0.980. The third kappa shape index (κ3) is 2.44. The molecular formula is C8H12O3. The summed E-state index contributed by atoms with van der Waals surface area (Å²) in [7, 11) is 0. The number of ether oxygens (including phenoxy) is 2. The highest BCUT2D eigenvalue weighted by molar-refractivity contribution is 5.64. The van der Waals surface area contributed by atoms with Crippen molar-refractivity contribution in [3.63, 3.8) is 0 Å². The molecule has 1 aliphatic heterocycles. The Morgan fingerprint density at radius 3 is 2.73 bits per heavy atom. The van der Waals surface area contributed by atoms with Crippen LogP contribution in [0.25, 0.3) is 0 Å². The van der Waals surface area contributed by atoms with Gasteiger partial charge in [0.05, 0.1) is 6.61 Å². The van der Waals surface area contributed by atoms with Gasteiger partial charge >= 0.3 is 0 Å². The van der Waals surface area contributed by atoms with Gasteiger partial charge in [-0.1, -0.05) is 6.08 Å². The maximum absolute atomic E-state index is 9.94. The van der Waals surface area contributed by atoms with Crippen molar-refractivity contribution in [1.29, 1.82) is 0 Å². The summed E-state index contributed by atoms with van der Waals surface area (Å²) in [6, 6.07) is 0. The third-order valence-corrected chi connectivity index (χ3v) is 1.43. The molecule has 0 amide bonds. The predicted molar refractivity (Wildman–Crippen MR) is 40.1 cm³/mol. The van der Waals surface area contributed by atoms with Crippen molar-refractivity contribution < 1.29 is 14.3 Å². The second kappa shape index (κ2) is 3.15. The van der Waals surface area contributed by atoms with Gasteiger partial charge in [0.2, 0.25) is 0 Å². The number of hydrogen-bond donors (Lipinski definition) is 0. The van der Waals surface area contributed by atoms with E-state index in [1.807, 2.05) is 13.8 Å². The lowest BCUT2D eigenvalue weighted by atomic mass is 10.3. The van der Waals surface area contributed by atoms with Gasteiger partial charge in [-0.05, 0) is 19.9 Å². The maximum Gasteiger partial charge on any atom is 0.163 e. The highest BCUT2D eigenvalue weighted by Gasteiger charge is 2.30. The molecule has 3 heteroatoms. The molecule has 0 aromatic heterocycles. The van der Waals surface area contributed by atoms with E-state index < -0.39 is 5.79 Å². The van der Waals surface area contributed by atoms with Crippen molar-refractivity contribution in [2.24, 2.45) is 0 Å². The first kappa shape index (κ1) is 8.43. The molecule has 0 radical (unpaired) electrons.